The lowest BCUT2D eigenvalue weighted by molar-refractivity contribution is -0.160. The van der Waals surface area contributed by atoms with E-state index in [9.17, 15) is 13.6 Å². The van der Waals surface area contributed by atoms with Gasteiger partial charge in [0.05, 0.1) is 0 Å². The third-order valence-corrected chi connectivity index (χ3v) is 3.18. The number of hydrogen-bond donors (Lipinski definition) is 1. The maximum atomic E-state index is 13.2. The zero-order valence-corrected chi connectivity index (χ0v) is 9.01. The first-order valence-corrected chi connectivity index (χ1v) is 5.53. The van der Waals surface area contributed by atoms with Gasteiger partial charge in [0.15, 0.2) is 0 Å². The van der Waals surface area contributed by atoms with Crippen molar-refractivity contribution in [3.63, 3.8) is 0 Å². The second kappa shape index (κ2) is 4.90. The molecule has 0 radical (unpaired) electrons. The highest BCUT2D eigenvalue weighted by Gasteiger charge is 2.44. The Morgan fingerprint density at radius 1 is 1.27 bits per heavy atom. The van der Waals surface area contributed by atoms with Crippen molar-refractivity contribution < 1.29 is 18.7 Å². The van der Waals surface area contributed by atoms with Gasteiger partial charge in [-0.2, -0.15) is 0 Å². The quantitative estimate of drug-likeness (QED) is 0.741. The Labute approximate surface area is 88.7 Å². The van der Waals surface area contributed by atoms with Crippen LogP contribution in [0.2, 0.25) is 0 Å². The Balaban J connectivity index is 2.74. The van der Waals surface area contributed by atoms with Crippen LogP contribution in [0.5, 0.6) is 0 Å². The molecule has 1 N–H and O–H groups in total. The third kappa shape index (κ3) is 3.43. The number of alkyl halides is 2. The molecule has 0 saturated heterocycles. The highest BCUT2D eigenvalue weighted by atomic mass is 19.3. The summed E-state index contributed by atoms with van der Waals surface area (Å²) in [6, 6.07) is 0. The average molecular weight is 220 g/mol. The topological polar surface area (TPSA) is 37.3 Å². The summed E-state index contributed by atoms with van der Waals surface area (Å²) in [5.41, 5.74) is 0. The lowest BCUT2D eigenvalue weighted by Gasteiger charge is -2.27. The van der Waals surface area contributed by atoms with Crippen LogP contribution in [0.15, 0.2) is 0 Å². The molecule has 1 rings (SSSR count). The fraction of sp³-hybridized carbons (Fsp3) is 0.909. The van der Waals surface area contributed by atoms with Gasteiger partial charge in [0.1, 0.15) is 5.92 Å². The molecule has 0 aromatic carbocycles. The standard InChI is InChI=1S/C11H18F2O2/c1-11(12,13)9(10(14)15)8-6-4-2-3-5-7-8/h8-9H,2-7H2,1H3,(H,14,15). The van der Waals surface area contributed by atoms with Crippen LogP contribution in [-0.4, -0.2) is 17.0 Å². The number of carbonyl (C=O) groups is 1. The Morgan fingerprint density at radius 3 is 2.07 bits per heavy atom. The monoisotopic (exact) mass is 220 g/mol. The first-order valence-electron chi connectivity index (χ1n) is 5.53. The van der Waals surface area contributed by atoms with E-state index in [-0.39, 0.29) is 5.92 Å². The van der Waals surface area contributed by atoms with Crippen molar-refractivity contribution in [3.8, 4) is 0 Å². The number of hydrogen-bond acceptors (Lipinski definition) is 1. The van der Waals surface area contributed by atoms with E-state index in [1.165, 1.54) is 0 Å². The van der Waals surface area contributed by atoms with Crippen LogP contribution >= 0.6 is 0 Å². The molecule has 1 atom stereocenters. The van der Waals surface area contributed by atoms with E-state index in [2.05, 4.69) is 0 Å². The smallest absolute Gasteiger partial charge is 0.312 e. The van der Waals surface area contributed by atoms with Crippen LogP contribution in [-0.2, 0) is 4.79 Å². The molecule has 88 valence electrons. The molecule has 1 unspecified atom stereocenters. The Hall–Kier alpha value is -0.670. The van der Waals surface area contributed by atoms with Gasteiger partial charge in [-0.1, -0.05) is 25.7 Å². The molecule has 1 saturated carbocycles. The lowest BCUT2D eigenvalue weighted by Crippen LogP contribution is -2.37. The summed E-state index contributed by atoms with van der Waals surface area (Å²) in [6.45, 7) is 0.719. The van der Waals surface area contributed by atoms with Crippen molar-refractivity contribution in [2.45, 2.75) is 51.4 Å². The Bertz CT molecular complexity index is 215. The van der Waals surface area contributed by atoms with Crippen LogP contribution < -0.4 is 0 Å². The van der Waals surface area contributed by atoms with Crippen molar-refractivity contribution in [2.24, 2.45) is 11.8 Å². The van der Waals surface area contributed by atoms with Gasteiger partial charge in [-0.3, -0.25) is 4.79 Å². The molecule has 0 bridgehead atoms. The highest BCUT2D eigenvalue weighted by Crippen LogP contribution is 2.37. The number of carboxylic acid groups (broad SMARTS) is 1. The fourth-order valence-electron chi connectivity index (χ4n) is 2.48. The first kappa shape index (κ1) is 12.4. The molecule has 1 fully saturated rings. The van der Waals surface area contributed by atoms with Crippen molar-refractivity contribution in [3.05, 3.63) is 0 Å². The van der Waals surface area contributed by atoms with E-state index in [1.807, 2.05) is 0 Å². The van der Waals surface area contributed by atoms with Gasteiger partial charge in [-0.25, -0.2) is 8.78 Å². The first-order chi connectivity index (χ1) is 6.93. The molecule has 4 heteroatoms. The molecule has 0 aromatic rings. The van der Waals surface area contributed by atoms with E-state index in [0.717, 1.165) is 32.6 Å². The molecule has 0 heterocycles. The minimum atomic E-state index is -3.11. The predicted octanol–water partition coefficient (Wildman–Crippen LogP) is 3.31. The minimum Gasteiger partial charge on any atom is -0.481 e. The van der Waals surface area contributed by atoms with Crippen molar-refractivity contribution in [1.82, 2.24) is 0 Å². The molecule has 0 aromatic heterocycles. The zero-order chi connectivity index (χ0) is 11.5. The molecule has 1 aliphatic carbocycles. The van der Waals surface area contributed by atoms with Gasteiger partial charge in [0.25, 0.3) is 5.92 Å². The summed E-state index contributed by atoms with van der Waals surface area (Å²) < 4.78 is 26.3. The second-order valence-corrected chi connectivity index (χ2v) is 4.52. The lowest BCUT2D eigenvalue weighted by atomic mass is 9.82. The van der Waals surface area contributed by atoms with Crippen molar-refractivity contribution in [2.75, 3.05) is 0 Å². The second-order valence-electron chi connectivity index (χ2n) is 4.52. The molecule has 0 spiro atoms. The highest BCUT2D eigenvalue weighted by molar-refractivity contribution is 5.71. The third-order valence-electron chi connectivity index (χ3n) is 3.18. The van der Waals surface area contributed by atoms with E-state index in [4.69, 9.17) is 5.11 Å². The minimum absolute atomic E-state index is 0.356. The van der Waals surface area contributed by atoms with Crippen LogP contribution in [0.4, 0.5) is 8.78 Å². The van der Waals surface area contributed by atoms with Gasteiger partial charge in [0, 0.05) is 6.92 Å². The van der Waals surface area contributed by atoms with Gasteiger partial charge >= 0.3 is 5.97 Å². The summed E-state index contributed by atoms with van der Waals surface area (Å²) in [6.07, 6.45) is 5.09. The number of carboxylic acids is 1. The van der Waals surface area contributed by atoms with E-state index in [1.54, 1.807) is 0 Å². The van der Waals surface area contributed by atoms with Gasteiger partial charge in [-0.15, -0.1) is 0 Å². The van der Waals surface area contributed by atoms with E-state index >= 15 is 0 Å². The van der Waals surface area contributed by atoms with Crippen LogP contribution in [0.25, 0.3) is 0 Å². The maximum absolute atomic E-state index is 13.2. The van der Waals surface area contributed by atoms with Crippen LogP contribution in [0.1, 0.15) is 45.4 Å². The Morgan fingerprint density at radius 2 is 1.73 bits per heavy atom. The molecule has 15 heavy (non-hydrogen) atoms. The zero-order valence-electron chi connectivity index (χ0n) is 9.01. The van der Waals surface area contributed by atoms with Gasteiger partial charge in [0.2, 0.25) is 0 Å². The largest absolute Gasteiger partial charge is 0.481 e. The summed E-state index contributed by atoms with van der Waals surface area (Å²) in [5.74, 6) is -6.32. The maximum Gasteiger partial charge on any atom is 0.312 e. The van der Waals surface area contributed by atoms with Crippen LogP contribution in [0.3, 0.4) is 0 Å². The molecule has 2 nitrogen and oxygen atoms in total. The summed E-state index contributed by atoms with van der Waals surface area (Å²) in [7, 11) is 0. The normalized spacial score (nSPS) is 22.1. The fourth-order valence-corrected chi connectivity index (χ4v) is 2.48. The average Bonchev–Trinajstić information content (AvgIpc) is 2.29. The van der Waals surface area contributed by atoms with Crippen molar-refractivity contribution >= 4 is 5.97 Å². The summed E-state index contributed by atoms with van der Waals surface area (Å²) in [4.78, 5) is 10.9. The van der Waals surface area contributed by atoms with Gasteiger partial charge in [-0.05, 0) is 18.8 Å². The Kier molecular flexibility index (Phi) is 4.05. The van der Waals surface area contributed by atoms with Crippen LogP contribution in [0, 0.1) is 11.8 Å². The number of halogens is 2. The summed E-state index contributed by atoms with van der Waals surface area (Å²) in [5, 5.41) is 8.87. The molecular formula is C11H18F2O2. The molecule has 0 amide bonds. The summed E-state index contributed by atoms with van der Waals surface area (Å²) >= 11 is 0. The number of aliphatic carboxylic acids is 1. The van der Waals surface area contributed by atoms with E-state index in [0.29, 0.717) is 12.8 Å². The molecule has 0 aliphatic heterocycles. The van der Waals surface area contributed by atoms with Crippen molar-refractivity contribution in [1.29, 1.82) is 0 Å². The SMILES string of the molecule is CC(F)(F)C(C(=O)O)C1CCCCCC1. The molecular weight excluding hydrogens is 202 g/mol. The predicted molar refractivity (Wildman–Crippen MR) is 52.9 cm³/mol. The molecule has 1 aliphatic rings. The van der Waals surface area contributed by atoms with Gasteiger partial charge < -0.3 is 5.11 Å². The van der Waals surface area contributed by atoms with E-state index < -0.39 is 17.8 Å². The number of rotatable bonds is 3.